The lowest BCUT2D eigenvalue weighted by atomic mass is 10.1. The SMILES string of the molecule is COc1ccc(N2CC[NH+]([C@H]3CC(=O)N(c4ccc(OC)c(OC)c4)C3=O)CC2)cc1. The molecule has 2 fully saturated rings. The van der Waals surface area contributed by atoms with Crippen LogP contribution in [0.15, 0.2) is 42.5 Å². The number of anilines is 2. The molecule has 0 unspecified atom stereocenters. The summed E-state index contributed by atoms with van der Waals surface area (Å²) in [5, 5.41) is 0. The molecule has 8 nitrogen and oxygen atoms in total. The third-order valence-corrected chi connectivity index (χ3v) is 6.11. The van der Waals surface area contributed by atoms with Gasteiger partial charge in [0.1, 0.15) is 5.75 Å². The van der Waals surface area contributed by atoms with E-state index in [0.717, 1.165) is 42.5 Å². The molecule has 2 aromatic rings. The Hall–Kier alpha value is -3.26. The van der Waals surface area contributed by atoms with Crippen molar-refractivity contribution in [3.05, 3.63) is 42.5 Å². The van der Waals surface area contributed by atoms with Crippen LogP contribution in [0.5, 0.6) is 17.2 Å². The third-order valence-electron chi connectivity index (χ3n) is 6.11. The van der Waals surface area contributed by atoms with Crippen molar-refractivity contribution in [1.82, 2.24) is 0 Å². The van der Waals surface area contributed by atoms with E-state index in [1.54, 1.807) is 32.4 Å². The van der Waals surface area contributed by atoms with E-state index in [4.69, 9.17) is 14.2 Å². The number of carbonyl (C=O) groups excluding carboxylic acids is 2. The lowest BCUT2D eigenvalue weighted by molar-refractivity contribution is -0.915. The van der Waals surface area contributed by atoms with E-state index in [9.17, 15) is 9.59 Å². The maximum Gasteiger partial charge on any atom is 0.292 e. The van der Waals surface area contributed by atoms with E-state index in [1.807, 2.05) is 24.3 Å². The number of amides is 2. The van der Waals surface area contributed by atoms with Crippen LogP contribution in [0, 0.1) is 0 Å². The van der Waals surface area contributed by atoms with Crippen molar-refractivity contribution in [3.63, 3.8) is 0 Å². The molecule has 2 aliphatic heterocycles. The highest BCUT2D eigenvalue weighted by Crippen LogP contribution is 2.33. The van der Waals surface area contributed by atoms with Gasteiger partial charge in [-0.2, -0.15) is 0 Å². The minimum atomic E-state index is -0.349. The van der Waals surface area contributed by atoms with Crippen molar-refractivity contribution in [1.29, 1.82) is 0 Å². The van der Waals surface area contributed by atoms with Crippen molar-refractivity contribution >= 4 is 23.2 Å². The third kappa shape index (κ3) is 4.03. The number of nitrogens with zero attached hydrogens (tertiary/aromatic N) is 2. The van der Waals surface area contributed by atoms with Crippen LogP contribution in [0.1, 0.15) is 6.42 Å². The zero-order chi connectivity index (χ0) is 22.0. The molecule has 0 radical (unpaired) electrons. The summed E-state index contributed by atoms with van der Waals surface area (Å²) in [6, 6.07) is 12.8. The van der Waals surface area contributed by atoms with Gasteiger partial charge in [-0.1, -0.05) is 0 Å². The van der Waals surface area contributed by atoms with Gasteiger partial charge >= 0.3 is 0 Å². The molecular formula is C23H28N3O5+. The summed E-state index contributed by atoms with van der Waals surface area (Å²) in [4.78, 5) is 30.7. The van der Waals surface area contributed by atoms with Gasteiger partial charge in [-0.05, 0) is 36.4 Å². The Bertz CT molecular complexity index is 954. The molecule has 1 atom stereocenters. The molecule has 0 aliphatic carbocycles. The second kappa shape index (κ2) is 8.85. The van der Waals surface area contributed by atoms with Crippen LogP contribution >= 0.6 is 0 Å². The first-order chi connectivity index (χ1) is 15.0. The molecule has 0 spiro atoms. The number of carbonyl (C=O) groups is 2. The maximum absolute atomic E-state index is 13.2. The molecule has 1 N–H and O–H groups in total. The minimum absolute atomic E-state index is 0.148. The maximum atomic E-state index is 13.2. The molecule has 0 aromatic heterocycles. The van der Waals surface area contributed by atoms with Crippen LogP contribution < -0.4 is 28.9 Å². The molecule has 0 saturated carbocycles. The number of methoxy groups -OCH3 is 3. The second-order valence-electron chi connectivity index (χ2n) is 7.71. The summed E-state index contributed by atoms with van der Waals surface area (Å²) < 4.78 is 15.8. The molecule has 4 rings (SSSR count). The van der Waals surface area contributed by atoms with Crippen molar-refractivity contribution in [2.75, 3.05) is 57.3 Å². The highest BCUT2D eigenvalue weighted by molar-refractivity contribution is 6.22. The second-order valence-corrected chi connectivity index (χ2v) is 7.71. The number of ether oxygens (including phenoxy) is 3. The molecule has 31 heavy (non-hydrogen) atoms. The summed E-state index contributed by atoms with van der Waals surface area (Å²) in [6.45, 7) is 3.26. The van der Waals surface area contributed by atoms with Gasteiger partial charge in [0.05, 0.1) is 59.6 Å². The first-order valence-electron chi connectivity index (χ1n) is 10.4. The Balaban J connectivity index is 1.43. The molecule has 2 aliphatic rings. The van der Waals surface area contributed by atoms with Gasteiger partial charge in [-0.25, -0.2) is 4.90 Å². The Labute approximate surface area is 181 Å². The lowest BCUT2D eigenvalue weighted by Crippen LogP contribution is -3.19. The van der Waals surface area contributed by atoms with E-state index in [0.29, 0.717) is 17.2 Å². The monoisotopic (exact) mass is 426 g/mol. The number of imide groups is 1. The fraction of sp³-hybridized carbons (Fsp3) is 0.391. The highest BCUT2D eigenvalue weighted by atomic mass is 16.5. The van der Waals surface area contributed by atoms with Gasteiger partial charge < -0.3 is 24.0 Å². The average molecular weight is 426 g/mol. The topological polar surface area (TPSA) is 72.8 Å². The van der Waals surface area contributed by atoms with Crippen LogP contribution in [0.2, 0.25) is 0 Å². The van der Waals surface area contributed by atoms with E-state index in [2.05, 4.69) is 4.90 Å². The Morgan fingerprint density at radius 3 is 2.10 bits per heavy atom. The molecule has 8 heteroatoms. The number of nitrogens with one attached hydrogen (secondary N) is 1. The van der Waals surface area contributed by atoms with Gasteiger partial charge in [0.25, 0.3) is 5.91 Å². The zero-order valence-electron chi connectivity index (χ0n) is 18.1. The van der Waals surface area contributed by atoms with Crippen molar-refractivity contribution < 1.29 is 28.7 Å². The smallest absolute Gasteiger partial charge is 0.292 e. The van der Waals surface area contributed by atoms with Gasteiger partial charge in [-0.3, -0.25) is 9.59 Å². The summed E-state index contributed by atoms with van der Waals surface area (Å²) in [6.07, 6.45) is 0.227. The highest BCUT2D eigenvalue weighted by Gasteiger charge is 2.46. The van der Waals surface area contributed by atoms with Crippen molar-refractivity contribution in [2.24, 2.45) is 0 Å². The Kier molecular flexibility index (Phi) is 5.99. The summed E-state index contributed by atoms with van der Waals surface area (Å²) in [5.41, 5.74) is 1.66. The van der Waals surface area contributed by atoms with Gasteiger partial charge in [0.15, 0.2) is 17.5 Å². The van der Waals surface area contributed by atoms with Crippen LogP contribution in [0.4, 0.5) is 11.4 Å². The first kappa shape index (κ1) is 21.0. The van der Waals surface area contributed by atoms with Crippen LogP contribution in [0.3, 0.4) is 0 Å². The summed E-state index contributed by atoms with van der Waals surface area (Å²) >= 11 is 0. The van der Waals surface area contributed by atoms with Crippen LogP contribution in [-0.4, -0.2) is 65.4 Å². The normalized spacial score (nSPS) is 19.6. The number of quaternary nitrogens is 1. The molecule has 2 heterocycles. The lowest BCUT2D eigenvalue weighted by Gasteiger charge is -2.35. The molecule has 2 aromatic carbocycles. The van der Waals surface area contributed by atoms with Gasteiger partial charge in [0, 0.05) is 11.8 Å². The standard InChI is InChI=1S/C23H27N3O5/c1-29-18-7-4-16(5-8-18)24-10-12-25(13-11-24)19-15-22(27)26(23(19)28)17-6-9-20(30-2)21(14-17)31-3/h4-9,14,19H,10-13,15H2,1-3H3/p+1/t19-/m0/s1. The van der Waals surface area contributed by atoms with E-state index in [-0.39, 0.29) is 24.3 Å². The summed E-state index contributed by atoms with van der Waals surface area (Å²) in [5.74, 6) is 1.56. The number of piperazine rings is 1. The number of hydrogen-bond acceptors (Lipinski definition) is 6. The average Bonchev–Trinajstić information content (AvgIpc) is 3.12. The van der Waals surface area contributed by atoms with Crippen molar-refractivity contribution in [3.8, 4) is 17.2 Å². The fourth-order valence-corrected chi connectivity index (χ4v) is 4.38. The van der Waals surface area contributed by atoms with E-state index < -0.39 is 0 Å². The zero-order valence-corrected chi connectivity index (χ0v) is 18.1. The Morgan fingerprint density at radius 2 is 1.48 bits per heavy atom. The van der Waals surface area contributed by atoms with Gasteiger partial charge in [-0.15, -0.1) is 0 Å². The minimum Gasteiger partial charge on any atom is -0.497 e. The van der Waals surface area contributed by atoms with Gasteiger partial charge in [0.2, 0.25) is 5.91 Å². The molecule has 0 bridgehead atoms. The number of hydrogen-bond donors (Lipinski definition) is 1. The van der Waals surface area contributed by atoms with Crippen LogP contribution in [0.25, 0.3) is 0 Å². The predicted octanol–water partition coefficient (Wildman–Crippen LogP) is 0.749. The molecular weight excluding hydrogens is 398 g/mol. The first-order valence-corrected chi connectivity index (χ1v) is 10.4. The fourth-order valence-electron chi connectivity index (χ4n) is 4.38. The van der Waals surface area contributed by atoms with E-state index in [1.165, 1.54) is 12.0 Å². The van der Waals surface area contributed by atoms with Crippen LogP contribution in [-0.2, 0) is 9.59 Å². The number of rotatable bonds is 6. The molecule has 2 amide bonds. The van der Waals surface area contributed by atoms with E-state index >= 15 is 0 Å². The largest absolute Gasteiger partial charge is 0.497 e. The molecule has 164 valence electrons. The van der Waals surface area contributed by atoms with Crippen molar-refractivity contribution in [2.45, 2.75) is 12.5 Å². The number of benzene rings is 2. The quantitative estimate of drug-likeness (QED) is 0.688. The Morgan fingerprint density at radius 1 is 0.839 bits per heavy atom. The molecule has 2 saturated heterocycles. The summed E-state index contributed by atoms with van der Waals surface area (Å²) in [7, 11) is 4.74. The predicted molar refractivity (Wildman–Crippen MR) is 116 cm³/mol.